The first-order valence-corrected chi connectivity index (χ1v) is 10.6. The zero-order chi connectivity index (χ0) is 23.8. The van der Waals surface area contributed by atoms with Gasteiger partial charge in [0.2, 0.25) is 11.8 Å². The number of nitrogens with two attached hydrogens (primary N) is 2. The normalized spacial score (nSPS) is 13.7. The zero-order valence-electron chi connectivity index (χ0n) is 18.0. The van der Waals surface area contributed by atoms with Gasteiger partial charge in [0.25, 0.3) is 5.91 Å². The highest BCUT2D eigenvalue weighted by atomic mass is 16.3. The zero-order valence-corrected chi connectivity index (χ0v) is 18.0. The number of hydrogen-bond acceptors (Lipinski definition) is 7. The summed E-state index contributed by atoms with van der Waals surface area (Å²) in [6, 6.07) is 18.8. The number of rotatable bonds is 9. The number of carbonyl (C=O) groups is 3. The van der Waals surface area contributed by atoms with Gasteiger partial charge in [-0.15, -0.1) is 0 Å². The predicted molar refractivity (Wildman–Crippen MR) is 124 cm³/mol. The number of carbonyl (C=O) groups excluding carboxylic acids is 3. The van der Waals surface area contributed by atoms with Gasteiger partial charge in [0.1, 0.15) is 11.9 Å². The molecule has 1 aromatic heterocycles. The first-order valence-electron chi connectivity index (χ1n) is 10.6. The van der Waals surface area contributed by atoms with Crippen LogP contribution in [0.5, 0.6) is 0 Å². The molecule has 0 radical (unpaired) electrons. The molecule has 0 bridgehead atoms. The number of pyridine rings is 1. The van der Waals surface area contributed by atoms with Crippen LogP contribution < -0.4 is 22.1 Å². The first kappa shape index (κ1) is 24.0. The topological polar surface area (TPSA) is 160 Å². The Bertz CT molecular complexity index is 1120. The number of aliphatic hydroxyl groups excluding tert-OH is 1. The molecule has 9 heteroatoms. The largest absolute Gasteiger partial charge is 0.390 e. The number of hydrogen-bond donors (Lipinski definition) is 5. The fraction of sp³-hybridized carbons (Fsp3) is 0.250. The SMILES string of the molecule is NC(NC(=O)[C@@H](N)CC(=O)NC(=O)c1ccc2ccccc2n1)C(O)CCc1ccccc1. The van der Waals surface area contributed by atoms with E-state index in [1.807, 2.05) is 42.5 Å². The van der Waals surface area contributed by atoms with E-state index in [1.54, 1.807) is 18.2 Å². The van der Waals surface area contributed by atoms with Gasteiger partial charge in [-0.1, -0.05) is 54.6 Å². The lowest BCUT2D eigenvalue weighted by Crippen LogP contribution is -2.55. The molecule has 7 N–H and O–H groups in total. The summed E-state index contributed by atoms with van der Waals surface area (Å²) in [6.45, 7) is 0. The number of fused-ring (bicyclic) bond motifs is 1. The van der Waals surface area contributed by atoms with Crippen LogP contribution in [0.3, 0.4) is 0 Å². The number of amides is 3. The van der Waals surface area contributed by atoms with Crippen molar-refractivity contribution in [1.29, 1.82) is 0 Å². The molecule has 3 rings (SSSR count). The summed E-state index contributed by atoms with van der Waals surface area (Å²) in [6.07, 6.45) is -1.54. The lowest BCUT2D eigenvalue weighted by Gasteiger charge is -2.22. The molecule has 0 aliphatic rings. The van der Waals surface area contributed by atoms with Crippen molar-refractivity contribution in [3.63, 3.8) is 0 Å². The standard InChI is InChI=1S/C24H27N5O4/c25-17(23(32)29-22(26)20(30)13-10-15-6-2-1-3-7-15)14-21(31)28-24(33)19-12-11-16-8-4-5-9-18(16)27-19/h1-9,11-12,17,20,22,30H,10,13-14,25-26H2,(H,29,32)(H,28,31,33)/t17-,20?,22?/m0/s1. The second-order valence-electron chi connectivity index (χ2n) is 7.70. The van der Waals surface area contributed by atoms with Gasteiger partial charge < -0.3 is 21.9 Å². The number of imide groups is 1. The molecule has 3 amide bonds. The van der Waals surface area contributed by atoms with Crippen LogP contribution in [0.2, 0.25) is 0 Å². The fourth-order valence-corrected chi connectivity index (χ4v) is 3.23. The third-order valence-corrected chi connectivity index (χ3v) is 5.12. The molecule has 3 atom stereocenters. The van der Waals surface area contributed by atoms with E-state index in [-0.39, 0.29) is 5.69 Å². The maximum atomic E-state index is 12.3. The van der Waals surface area contributed by atoms with Crippen LogP contribution in [-0.2, 0) is 16.0 Å². The van der Waals surface area contributed by atoms with Crippen LogP contribution in [0.15, 0.2) is 66.7 Å². The van der Waals surface area contributed by atoms with Gasteiger partial charge in [0, 0.05) is 5.39 Å². The van der Waals surface area contributed by atoms with Crippen molar-refractivity contribution in [1.82, 2.24) is 15.6 Å². The molecule has 0 saturated heterocycles. The Morgan fingerprint density at radius 3 is 2.39 bits per heavy atom. The van der Waals surface area contributed by atoms with Crippen molar-refractivity contribution in [2.75, 3.05) is 0 Å². The second-order valence-corrected chi connectivity index (χ2v) is 7.70. The smallest absolute Gasteiger partial charge is 0.276 e. The highest BCUT2D eigenvalue weighted by molar-refractivity contribution is 6.05. The van der Waals surface area contributed by atoms with E-state index in [2.05, 4.69) is 15.6 Å². The van der Waals surface area contributed by atoms with E-state index < -0.39 is 42.5 Å². The molecule has 2 aromatic carbocycles. The average Bonchev–Trinajstić information content (AvgIpc) is 2.82. The molecule has 33 heavy (non-hydrogen) atoms. The van der Waals surface area contributed by atoms with Crippen molar-refractivity contribution >= 4 is 28.6 Å². The fourth-order valence-electron chi connectivity index (χ4n) is 3.23. The van der Waals surface area contributed by atoms with Crippen LogP contribution in [0.1, 0.15) is 28.9 Å². The minimum Gasteiger partial charge on any atom is -0.390 e. The molecular weight excluding hydrogens is 422 g/mol. The molecule has 0 spiro atoms. The van der Waals surface area contributed by atoms with Crippen molar-refractivity contribution in [3.8, 4) is 0 Å². The molecule has 2 unspecified atom stereocenters. The molecular formula is C24H27N5O4. The van der Waals surface area contributed by atoms with Crippen LogP contribution in [-0.4, -0.2) is 46.1 Å². The van der Waals surface area contributed by atoms with E-state index in [1.165, 1.54) is 6.07 Å². The van der Waals surface area contributed by atoms with E-state index in [0.29, 0.717) is 18.4 Å². The highest BCUT2D eigenvalue weighted by Gasteiger charge is 2.23. The Morgan fingerprint density at radius 2 is 1.64 bits per heavy atom. The molecule has 1 heterocycles. The Balaban J connectivity index is 1.45. The van der Waals surface area contributed by atoms with Gasteiger partial charge in [0.05, 0.1) is 24.1 Å². The minimum atomic E-state index is -1.24. The molecule has 0 aliphatic carbocycles. The maximum absolute atomic E-state index is 12.3. The molecule has 0 saturated carbocycles. The van der Waals surface area contributed by atoms with Crippen molar-refractivity contribution in [2.45, 2.75) is 37.6 Å². The van der Waals surface area contributed by atoms with Gasteiger partial charge in [-0.3, -0.25) is 19.7 Å². The van der Waals surface area contributed by atoms with E-state index >= 15 is 0 Å². The Kier molecular flexibility index (Phi) is 8.20. The first-order chi connectivity index (χ1) is 15.8. The quantitative estimate of drug-likeness (QED) is 0.299. The van der Waals surface area contributed by atoms with Crippen molar-refractivity contribution in [2.24, 2.45) is 11.5 Å². The molecule has 9 nitrogen and oxygen atoms in total. The van der Waals surface area contributed by atoms with Crippen LogP contribution in [0, 0.1) is 0 Å². The van der Waals surface area contributed by atoms with E-state index in [4.69, 9.17) is 11.5 Å². The predicted octanol–water partition coefficient (Wildman–Crippen LogP) is 0.603. The lowest BCUT2D eigenvalue weighted by atomic mass is 10.1. The van der Waals surface area contributed by atoms with Gasteiger partial charge in [-0.25, -0.2) is 4.98 Å². The summed E-state index contributed by atoms with van der Waals surface area (Å²) >= 11 is 0. The number of benzene rings is 2. The summed E-state index contributed by atoms with van der Waals surface area (Å²) in [5.41, 5.74) is 13.4. The summed E-state index contributed by atoms with van der Waals surface area (Å²) in [7, 11) is 0. The number of aromatic nitrogens is 1. The summed E-state index contributed by atoms with van der Waals surface area (Å²) in [5.74, 6) is -2.12. The Morgan fingerprint density at radius 1 is 0.939 bits per heavy atom. The second kappa shape index (κ2) is 11.3. The summed E-state index contributed by atoms with van der Waals surface area (Å²) in [4.78, 5) is 41.0. The van der Waals surface area contributed by atoms with E-state index in [9.17, 15) is 19.5 Å². The molecule has 0 aliphatic heterocycles. The highest BCUT2D eigenvalue weighted by Crippen LogP contribution is 2.12. The number of para-hydroxylation sites is 1. The number of nitrogens with one attached hydrogen (secondary N) is 2. The van der Waals surface area contributed by atoms with Gasteiger partial charge in [-0.2, -0.15) is 0 Å². The number of aryl methyl sites for hydroxylation is 1. The third kappa shape index (κ3) is 6.91. The maximum Gasteiger partial charge on any atom is 0.276 e. The van der Waals surface area contributed by atoms with Gasteiger partial charge in [-0.05, 0) is 30.5 Å². The monoisotopic (exact) mass is 449 g/mol. The molecule has 172 valence electrons. The minimum absolute atomic E-state index is 0.0728. The Hall–Kier alpha value is -3.66. The van der Waals surface area contributed by atoms with Gasteiger partial charge in [0.15, 0.2) is 0 Å². The molecule has 3 aromatic rings. The van der Waals surface area contributed by atoms with Gasteiger partial charge >= 0.3 is 0 Å². The number of nitrogens with zero attached hydrogens (tertiary/aromatic N) is 1. The lowest BCUT2D eigenvalue weighted by molar-refractivity contribution is -0.128. The molecule has 0 fully saturated rings. The van der Waals surface area contributed by atoms with Crippen molar-refractivity contribution < 1.29 is 19.5 Å². The van der Waals surface area contributed by atoms with Crippen LogP contribution in [0.25, 0.3) is 10.9 Å². The average molecular weight is 450 g/mol. The van der Waals surface area contributed by atoms with Crippen LogP contribution >= 0.6 is 0 Å². The van der Waals surface area contributed by atoms with E-state index in [0.717, 1.165) is 10.9 Å². The van der Waals surface area contributed by atoms with Crippen LogP contribution in [0.4, 0.5) is 0 Å². The van der Waals surface area contributed by atoms with Crippen molar-refractivity contribution in [3.05, 3.63) is 78.0 Å². The third-order valence-electron chi connectivity index (χ3n) is 5.12. The summed E-state index contributed by atoms with van der Waals surface area (Å²) in [5, 5.41) is 15.7. The number of aliphatic hydroxyl groups is 1. The Labute approximate surface area is 191 Å². The summed E-state index contributed by atoms with van der Waals surface area (Å²) < 4.78 is 0.